The molecular weight excluding hydrogens is 260 g/mol. The van der Waals surface area contributed by atoms with Crippen LogP contribution in [0.1, 0.15) is 32.3 Å². The monoisotopic (exact) mass is 290 g/mol. The van der Waals surface area contributed by atoms with Gasteiger partial charge >= 0.3 is 0 Å². The van der Waals surface area contributed by atoms with Crippen molar-refractivity contribution in [2.45, 2.75) is 39.7 Å². The molecule has 2 rings (SSSR count). The molecule has 0 aromatic heterocycles. The lowest BCUT2D eigenvalue weighted by atomic mass is 9.98. The van der Waals surface area contributed by atoms with Gasteiger partial charge in [0.05, 0.1) is 6.61 Å². The quantitative estimate of drug-likeness (QED) is 0.795. The Morgan fingerprint density at radius 2 is 2.05 bits per heavy atom. The maximum atomic E-state index is 5.60. The molecule has 2 unspecified atom stereocenters. The first-order chi connectivity index (χ1) is 10.2. The summed E-state index contributed by atoms with van der Waals surface area (Å²) in [6, 6.07) is 9.39. The third-order valence-corrected chi connectivity index (χ3v) is 4.39. The van der Waals surface area contributed by atoms with Gasteiger partial charge in [-0.1, -0.05) is 24.6 Å². The molecule has 2 atom stereocenters. The Hall–Kier alpha value is -1.06. The second-order valence-electron chi connectivity index (χ2n) is 6.06. The molecule has 1 fully saturated rings. The molecule has 1 aromatic rings. The van der Waals surface area contributed by atoms with E-state index in [0.717, 1.165) is 32.8 Å². The van der Waals surface area contributed by atoms with Crippen LogP contribution in [0.2, 0.25) is 0 Å². The molecule has 1 heterocycles. The summed E-state index contributed by atoms with van der Waals surface area (Å²) in [4.78, 5) is 2.48. The van der Waals surface area contributed by atoms with Crippen LogP contribution in [0.15, 0.2) is 24.3 Å². The molecule has 1 saturated heterocycles. The van der Waals surface area contributed by atoms with Gasteiger partial charge in [-0.05, 0) is 45.4 Å². The van der Waals surface area contributed by atoms with Gasteiger partial charge in [0.1, 0.15) is 0 Å². The molecule has 1 aliphatic rings. The zero-order chi connectivity index (χ0) is 15.1. The molecule has 0 radical (unpaired) electrons. The predicted molar refractivity (Wildman–Crippen MR) is 90.1 cm³/mol. The van der Waals surface area contributed by atoms with Crippen LogP contribution < -0.4 is 10.2 Å². The summed E-state index contributed by atoms with van der Waals surface area (Å²) in [5.41, 5.74) is 2.64. The van der Waals surface area contributed by atoms with Crippen molar-refractivity contribution in [3.8, 4) is 0 Å². The molecule has 0 saturated carbocycles. The van der Waals surface area contributed by atoms with E-state index in [1.807, 2.05) is 0 Å². The number of nitrogens with one attached hydrogen (secondary N) is 1. The second-order valence-corrected chi connectivity index (χ2v) is 6.06. The van der Waals surface area contributed by atoms with E-state index in [-0.39, 0.29) is 0 Å². The number of nitrogens with zero attached hydrogens (tertiary/aromatic N) is 1. The van der Waals surface area contributed by atoms with Crippen molar-refractivity contribution in [1.82, 2.24) is 5.32 Å². The summed E-state index contributed by atoms with van der Waals surface area (Å²) in [5.74, 6) is 0.649. The number of hydrogen-bond donors (Lipinski definition) is 1. The van der Waals surface area contributed by atoms with E-state index < -0.39 is 0 Å². The van der Waals surface area contributed by atoms with Crippen LogP contribution in [0, 0.1) is 12.8 Å². The number of anilines is 1. The van der Waals surface area contributed by atoms with E-state index in [2.05, 4.69) is 55.3 Å². The summed E-state index contributed by atoms with van der Waals surface area (Å²) in [6.45, 7) is 11.6. The van der Waals surface area contributed by atoms with E-state index in [1.165, 1.54) is 24.1 Å². The Bertz CT molecular complexity index is 398. The van der Waals surface area contributed by atoms with Crippen LogP contribution >= 0.6 is 0 Å². The summed E-state index contributed by atoms with van der Waals surface area (Å²) < 4.78 is 5.60. The average molecular weight is 290 g/mol. The van der Waals surface area contributed by atoms with Crippen LogP contribution in [0.4, 0.5) is 5.69 Å². The van der Waals surface area contributed by atoms with Gasteiger partial charge in [0.15, 0.2) is 0 Å². The van der Waals surface area contributed by atoms with E-state index in [4.69, 9.17) is 4.74 Å². The van der Waals surface area contributed by atoms with Crippen molar-refractivity contribution in [2.75, 3.05) is 37.7 Å². The first-order valence-electron chi connectivity index (χ1n) is 8.37. The second kappa shape index (κ2) is 8.40. The standard InChI is InChI=1S/C18H30N2O/c1-4-11-19-18(16-10-12-21-14-16)13-20(5-2)17-8-6-15(3)7-9-17/h6-9,16,18-19H,4-5,10-14H2,1-3H3. The predicted octanol–water partition coefficient (Wildman–Crippen LogP) is 3.23. The minimum atomic E-state index is 0.522. The summed E-state index contributed by atoms with van der Waals surface area (Å²) in [6.07, 6.45) is 2.37. The minimum Gasteiger partial charge on any atom is -0.381 e. The van der Waals surface area contributed by atoms with Crippen LogP contribution in [0.25, 0.3) is 0 Å². The molecule has 0 aliphatic carbocycles. The topological polar surface area (TPSA) is 24.5 Å². The molecule has 21 heavy (non-hydrogen) atoms. The van der Waals surface area contributed by atoms with Gasteiger partial charge in [0, 0.05) is 37.3 Å². The molecule has 3 heteroatoms. The van der Waals surface area contributed by atoms with Gasteiger partial charge in [0.25, 0.3) is 0 Å². The van der Waals surface area contributed by atoms with Gasteiger partial charge < -0.3 is 15.0 Å². The average Bonchev–Trinajstić information content (AvgIpc) is 3.03. The lowest BCUT2D eigenvalue weighted by Crippen LogP contribution is -2.46. The molecular formula is C18H30N2O. The largest absolute Gasteiger partial charge is 0.381 e. The number of likely N-dealkylation sites (N-methyl/N-ethyl adjacent to an activating group) is 1. The molecule has 0 spiro atoms. The molecule has 1 N–H and O–H groups in total. The lowest BCUT2D eigenvalue weighted by molar-refractivity contribution is 0.177. The highest BCUT2D eigenvalue weighted by Crippen LogP contribution is 2.21. The molecule has 3 nitrogen and oxygen atoms in total. The third kappa shape index (κ3) is 4.72. The highest BCUT2D eigenvalue weighted by Gasteiger charge is 2.26. The fourth-order valence-electron chi connectivity index (χ4n) is 2.99. The Kier molecular flexibility index (Phi) is 6.52. The number of rotatable bonds is 8. The number of aryl methyl sites for hydroxylation is 1. The van der Waals surface area contributed by atoms with Crippen molar-refractivity contribution < 1.29 is 4.74 Å². The summed E-state index contributed by atoms with van der Waals surface area (Å²) in [5, 5.41) is 3.74. The normalized spacial score (nSPS) is 19.7. The van der Waals surface area contributed by atoms with Crippen molar-refractivity contribution in [3.05, 3.63) is 29.8 Å². The van der Waals surface area contributed by atoms with E-state index >= 15 is 0 Å². The molecule has 1 aromatic carbocycles. The number of benzene rings is 1. The van der Waals surface area contributed by atoms with Gasteiger partial charge in [-0.3, -0.25) is 0 Å². The third-order valence-electron chi connectivity index (χ3n) is 4.39. The SMILES string of the molecule is CCCNC(CN(CC)c1ccc(C)cc1)C1CCOC1. The number of hydrogen-bond acceptors (Lipinski definition) is 3. The first kappa shape index (κ1) is 16.3. The van der Waals surface area contributed by atoms with Crippen LogP contribution in [-0.4, -0.2) is 38.9 Å². The van der Waals surface area contributed by atoms with Crippen LogP contribution in [-0.2, 0) is 4.74 Å². The Morgan fingerprint density at radius 1 is 1.29 bits per heavy atom. The fourth-order valence-corrected chi connectivity index (χ4v) is 2.99. The molecule has 0 amide bonds. The zero-order valence-electron chi connectivity index (χ0n) is 13.8. The van der Waals surface area contributed by atoms with Crippen LogP contribution in [0.5, 0.6) is 0 Å². The van der Waals surface area contributed by atoms with E-state index in [1.54, 1.807) is 0 Å². The Labute approximate surface area is 129 Å². The van der Waals surface area contributed by atoms with Crippen molar-refractivity contribution in [3.63, 3.8) is 0 Å². The first-order valence-corrected chi connectivity index (χ1v) is 8.37. The van der Waals surface area contributed by atoms with Crippen molar-refractivity contribution in [1.29, 1.82) is 0 Å². The lowest BCUT2D eigenvalue weighted by Gasteiger charge is -2.32. The highest BCUT2D eigenvalue weighted by molar-refractivity contribution is 5.47. The number of ether oxygens (including phenoxy) is 1. The van der Waals surface area contributed by atoms with Crippen LogP contribution in [0.3, 0.4) is 0 Å². The molecule has 118 valence electrons. The van der Waals surface area contributed by atoms with Gasteiger partial charge in [-0.25, -0.2) is 0 Å². The fraction of sp³-hybridized carbons (Fsp3) is 0.667. The van der Waals surface area contributed by atoms with E-state index in [0.29, 0.717) is 12.0 Å². The van der Waals surface area contributed by atoms with E-state index in [9.17, 15) is 0 Å². The van der Waals surface area contributed by atoms with Gasteiger partial charge in [-0.15, -0.1) is 0 Å². The van der Waals surface area contributed by atoms with Gasteiger partial charge in [0.2, 0.25) is 0 Å². The van der Waals surface area contributed by atoms with Gasteiger partial charge in [-0.2, -0.15) is 0 Å². The van der Waals surface area contributed by atoms with Crippen molar-refractivity contribution >= 4 is 5.69 Å². The highest BCUT2D eigenvalue weighted by atomic mass is 16.5. The van der Waals surface area contributed by atoms with Crippen molar-refractivity contribution in [2.24, 2.45) is 5.92 Å². The maximum Gasteiger partial charge on any atom is 0.0510 e. The maximum absolute atomic E-state index is 5.60. The molecule has 0 bridgehead atoms. The minimum absolute atomic E-state index is 0.522. The Morgan fingerprint density at radius 3 is 2.62 bits per heavy atom. The molecule has 1 aliphatic heterocycles. The Balaban J connectivity index is 2.02. The smallest absolute Gasteiger partial charge is 0.0510 e. The summed E-state index contributed by atoms with van der Waals surface area (Å²) in [7, 11) is 0. The zero-order valence-corrected chi connectivity index (χ0v) is 13.8. The summed E-state index contributed by atoms with van der Waals surface area (Å²) >= 11 is 0.